The Hall–Kier alpha value is -3.27. The van der Waals surface area contributed by atoms with E-state index in [2.05, 4.69) is 73.7 Å². The molecule has 1 aliphatic carbocycles. The van der Waals surface area contributed by atoms with Crippen molar-refractivity contribution in [2.75, 3.05) is 0 Å². The van der Waals surface area contributed by atoms with E-state index in [9.17, 15) is 9.90 Å². The molecule has 0 fully saturated rings. The Bertz CT molecular complexity index is 2060. The number of ketones is 1. The molecule has 1 radical (unpaired) electrons. The third-order valence-electron chi connectivity index (χ3n) is 10.5. The number of carbonyl (C=O) groups excluding carboxylic acids is 1. The number of fused-ring (bicyclic) bond motifs is 7. The molecule has 0 spiro atoms. The molecule has 1 aliphatic rings. The minimum atomic E-state index is 0. The topological polar surface area (TPSA) is 54.6 Å². The monoisotopic (exact) mass is 792 g/mol. The number of hydrogen-bond acceptors (Lipinski definition) is 3. The van der Waals surface area contributed by atoms with Gasteiger partial charge in [0.05, 0.1) is 5.76 Å². The molecule has 7 rings (SSSR count). The summed E-state index contributed by atoms with van der Waals surface area (Å²) < 4.78 is 2.53. The number of aliphatic hydroxyl groups is 1. The van der Waals surface area contributed by atoms with Crippen molar-refractivity contribution in [2.45, 2.75) is 98.8 Å². The summed E-state index contributed by atoms with van der Waals surface area (Å²) in [6.07, 6.45) is 10.5. The van der Waals surface area contributed by atoms with Crippen LogP contribution in [-0.4, -0.2) is 20.3 Å². The zero-order valence-corrected chi connectivity index (χ0v) is 30.8. The maximum atomic E-state index is 11.7. The van der Waals surface area contributed by atoms with Crippen LogP contribution in [0.5, 0.6) is 0 Å². The molecule has 0 unspecified atom stereocenters. The Kier molecular flexibility index (Phi) is 9.97. The molecule has 243 valence electrons. The van der Waals surface area contributed by atoms with Crippen LogP contribution < -0.4 is 0 Å². The van der Waals surface area contributed by atoms with Gasteiger partial charge in [-0.15, -0.1) is 17.7 Å². The molecule has 4 nitrogen and oxygen atoms in total. The predicted octanol–water partition coefficient (Wildman–Crippen LogP) is 11.0. The molecule has 3 heterocycles. The molecular weight excluding hydrogens is 745 g/mol. The minimum absolute atomic E-state index is 0. The number of pyridine rings is 2. The van der Waals surface area contributed by atoms with E-state index in [4.69, 9.17) is 4.98 Å². The largest absolute Gasteiger partial charge is 0.512 e. The molecule has 0 saturated heterocycles. The maximum Gasteiger partial charge on any atom is 0.162 e. The van der Waals surface area contributed by atoms with Crippen molar-refractivity contribution in [1.29, 1.82) is 0 Å². The number of aliphatic hydroxyl groups excluding tert-OH is 1. The van der Waals surface area contributed by atoms with Gasteiger partial charge in [-0.3, -0.25) is 4.79 Å². The summed E-state index contributed by atoms with van der Waals surface area (Å²) in [7, 11) is 0. The first-order valence-electron chi connectivity index (χ1n) is 17.0. The molecule has 0 bridgehead atoms. The Morgan fingerprint density at radius 2 is 1.70 bits per heavy atom. The van der Waals surface area contributed by atoms with Gasteiger partial charge in [0, 0.05) is 55.2 Å². The van der Waals surface area contributed by atoms with Gasteiger partial charge in [0.15, 0.2) is 5.78 Å². The molecule has 6 aromatic rings. The van der Waals surface area contributed by atoms with Gasteiger partial charge in [-0.1, -0.05) is 83.5 Å². The second-order valence-electron chi connectivity index (χ2n) is 13.7. The molecule has 46 heavy (non-hydrogen) atoms. The van der Waals surface area contributed by atoms with Crippen molar-refractivity contribution in [3.63, 3.8) is 0 Å². The molecule has 0 saturated carbocycles. The summed E-state index contributed by atoms with van der Waals surface area (Å²) in [6, 6.07) is 19.4. The van der Waals surface area contributed by atoms with Gasteiger partial charge in [-0.2, -0.15) is 0 Å². The molecule has 3 aromatic heterocycles. The SMILES string of the molecule is CCC(CC)C(=O)/C=C(\O)C(CC)CC.Cc1[c-]c2c3nccc4cc5c(c(c43)n3c4ccccc4c(c1)c23)CCCC5(C)C.[Ir]. The van der Waals surface area contributed by atoms with Gasteiger partial charge >= 0.3 is 0 Å². The second kappa shape index (κ2) is 13.5. The summed E-state index contributed by atoms with van der Waals surface area (Å²) in [5.74, 6) is 0.547. The van der Waals surface area contributed by atoms with Gasteiger partial charge in [-0.25, -0.2) is 0 Å². The first-order chi connectivity index (χ1) is 21.6. The summed E-state index contributed by atoms with van der Waals surface area (Å²) in [5.41, 5.74) is 9.42. The van der Waals surface area contributed by atoms with Crippen molar-refractivity contribution in [3.8, 4) is 0 Å². The number of rotatable bonds is 7. The van der Waals surface area contributed by atoms with Crippen LogP contribution in [0, 0.1) is 24.8 Å². The predicted molar refractivity (Wildman–Crippen MR) is 190 cm³/mol. The minimum Gasteiger partial charge on any atom is -0.512 e. The number of allylic oxidation sites excluding steroid dienone is 2. The van der Waals surface area contributed by atoms with Crippen LogP contribution in [0.15, 0.2) is 60.5 Å². The van der Waals surface area contributed by atoms with Gasteiger partial charge < -0.3 is 14.5 Å². The van der Waals surface area contributed by atoms with Crippen LogP contribution >= 0.6 is 0 Å². The normalized spacial score (nSPS) is 14.8. The third-order valence-corrected chi connectivity index (χ3v) is 10.5. The van der Waals surface area contributed by atoms with Crippen molar-refractivity contribution in [1.82, 2.24) is 9.38 Å². The number of aromatic nitrogens is 2. The van der Waals surface area contributed by atoms with E-state index in [1.807, 2.05) is 33.9 Å². The Labute approximate surface area is 287 Å². The van der Waals surface area contributed by atoms with E-state index < -0.39 is 0 Å². The van der Waals surface area contributed by atoms with Gasteiger partial charge in [-0.05, 0) is 101 Å². The number of benzene rings is 3. The number of hydrogen-bond donors (Lipinski definition) is 1. The number of para-hydroxylation sites is 1. The third kappa shape index (κ3) is 5.64. The van der Waals surface area contributed by atoms with Gasteiger partial charge in [0.2, 0.25) is 0 Å². The Balaban J connectivity index is 0.000000225. The fourth-order valence-corrected chi connectivity index (χ4v) is 7.85. The van der Waals surface area contributed by atoms with E-state index in [-0.39, 0.29) is 48.9 Å². The van der Waals surface area contributed by atoms with E-state index >= 15 is 0 Å². The van der Waals surface area contributed by atoms with Crippen LogP contribution in [0.4, 0.5) is 0 Å². The zero-order valence-electron chi connectivity index (χ0n) is 28.4. The number of aryl methyl sites for hydroxylation is 2. The van der Waals surface area contributed by atoms with E-state index in [1.165, 1.54) is 73.7 Å². The van der Waals surface area contributed by atoms with Crippen LogP contribution in [0.25, 0.3) is 49.0 Å². The molecule has 5 heteroatoms. The zero-order chi connectivity index (χ0) is 32.0. The fourth-order valence-electron chi connectivity index (χ4n) is 7.85. The van der Waals surface area contributed by atoms with Crippen LogP contribution in [0.1, 0.15) is 96.8 Å². The van der Waals surface area contributed by atoms with E-state index in [1.54, 1.807) is 0 Å². The summed E-state index contributed by atoms with van der Waals surface area (Å²) >= 11 is 0. The average molecular weight is 792 g/mol. The second-order valence-corrected chi connectivity index (χ2v) is 13.7. The first kappa shape index (κ1) is 34.1. The van der Waals surface area contributed by atoms with Crippen molar-refractivity contribution >= 4 is 54.8 Å². The molecule has 0 aliphatic heterocycles. The van der Waals surface area contributed by atoms with E-state index in [0.717, 1.165) is 43.0 Å². The number of carbonyl (C=O) groups is 1. The molecule has 0 amide bonds. The quantitative estimate of drug-likeness (QED) is 0.0576. The molecule has 0 atom stereocenters. The number of nitrogens with zero attached hydrogens (tertiary/aromatic N) is 2. The Morgan fingerprint density at radius 3 is 2.39 bits per heavy atom. The van der Waals surface area contributed by atoms with Crippen molar-refractivity contribution in [2.24, 2.45) is 11.8 Å². The average Bonchev–Trinajstić information content (AvgIpc) is 3.35. The van der Waals surface area contributed by atoms with Crippen molar-refractivity contribution in [3.05, 3.63) is 83.3 Å². The van der Waals surface area contributed by atoms with Crippen LogP contribution in [0.2, 0.25) is 0 Å². The van der Waals surface area contributed by atoms with Crippen molar-refractivity contribution < 1.29 is 30.0 Å². The summed E-state index contributed by atoms with van der Waals surface area (Å²) in [4.78, 5) is 16.6. The Morgan fingerprint density at radius 1 is 1.00 bits per heavy atom. The maximum absolute atomic E-state index is 11.7. The van der Waals surface area contributed by atoms with Crippen LogP contribution in [0.3, 0.4) is 0 Å². The summed E-state index contributed by atoms with van der Waals surface area (Å²) in [6.45, 7) is 15.0. The van der Waals surface area contributed by atoms with Crippen LogP contribution in [-0.2, 0) is 36.7 Å². The van der Waals surface area contributed by atoms with E-state index in [0.29, 0.717) is 0 Å². The van der Waals surface area contributed by atoms with Gasteiger partial charge in [0.1, 0.15) is 0 Å². The molecular formula is C41H47IrN2O2-. The van der Waals surface area contributed by atoms with Gasteiger partial charge in [0.25, 0.3) is 0 Å². The molecule has 1 N–H and O–H groups in total. The smallest absolute Gasteiger partial charge is 0.162 e. The molecule has 3 aromatic carbocycles. The first-order valence-corrected chi connectivity index (χ1v) is 17.0. The standard InChI is InChI=1S/C28H23N2.C13H24O2.Ir/c1-16-13-20-18-7-4-5-9-23(18)30-26(20)21(14-16)25-24-17(10-12-29-25)15-22-19(27(24)30)8-6-11-28(22,2)3;1-5-10(6-2)12(14)9-13(15)11(7-3)8-4;/h4-5,7,9-10,12-13,15H,6,8,11H2,1-3H3;9-11,14H,5-8H2,1-4H3;/q-1;;/b;12-9-;. The summed E-state index contributed by atoms with van der Waals surface area (Å²) in [5, 5.41) is 16.1. The fraction of sp³-hybridized carbons (Fsp3) is 0.415.